The number of hydrogen-bond acceptors (Lipinski definition) is 3. The summed E-state index contributed by atoms with van der Waals surface area (Å²) in [7, 11) is -1.58. The average Bonchev–Trinajstić information content (AvgIpc) is 2.59. The predicted octanol–water partition coefficient (Wildman–Crippen LogP) is 5.69. The van der Waals surface area contributed by atoms with Crippen molar-refractivity contribution in [1.82, 2.24) is 0 Å². The molecule has 6 heteroatoms. The number of sulfonamides is 1. The van der Waals surface area contributed by atoms with E-state index in [-0.39, 0.29) is 11.2 Å². The molecule has 2 aromatic rings. The summed E-state index contributed by atoms with van der Waals surface area (Å²) in [5.74, 6) is 0.905. The summed E-state index contributed by atoms with van der Waals surface area (Å²) in [4.78, 5) is 0. The van der Waals surface area contributed by atoms with Gasteiger partial charge in [-0.05, 0) is 42.2 Å². The molecular formula is C21H26BrNO3S. The van der Waals surface area contributed by atoms with Gasteiger partial charge in [-0.1, -0.05) is 61.0 Å². The highest BCUT2D eigenvalue weighted by Crippen LogP contribution is 2.37. The molecule has 2 rings (SSSR count). The van der Waals surface area contributed by atoms with Gasteiger partial charge in [0.1, 0.15) is 5.75 Å². The van der Waals surface area contributed by atoms with E-state index in [1.165, 1.54) is 0 Å². The van der Waals surface area contributed by atoms with Crippen molar-refractivity contribution in [2.45, 2.75) is 33.1 Å². The maximum absolute atomic E-state index is 11.6. The minimum absolute atomic E-state index is 0.0458. The Kier molecular flexibility index (Phi) is 6.76. The highest BCUT2D eigenvalue weighted by atomic mass is 79.9. The van der Waals surface area contributed by atoms with Gasteiger partial charge in [-0.25, -0.2) is 8.42 Å². The van der Waals surface area contributed by atoms with Crippen LogP contribution in [0.3, 0.4) is 0 Å². The summed E-state index contributed by atoms with van der Waals surface area (Å²) >= 11 is 3.58. The summed E-state index contributed by atoms with van der Waals surface area (Å²) in [5.41, 5.74) is 3.59. The van der Waals surface area contributed by atoms with Crippen LogP contribution in [0.5, 0.6) is 5.75 Å². The van der Waals surface area contributed by atoms with Gasteiger partial charge in [0, 0.05) is 21.3 Å². The smallest absolute Gasteiger partial charge is 0.232 e. The van der Waals surface area contributed by atoms with Crippen molar-refractivity contribution in [1.29, 1.82) is 0 Å². The van der Waals surface area contributed by atoms with E-state index in [4.69, 9.17) is 4.74 Å². The third-order valence-electron chi connectivity index (χ3n) is 4.11. The molecule has 0 unspecified atom stereocenters. The van der Waals surface area contributed by atoms with Crippen LogP contribution in [0.25, 0.3) is 12.2 Å². The van der Waals surface area contributed by atoms with Gasteiger partial charge in [-0.15, -0.1) is 0 Å². The minimum atomic E-state index is -3.26. The van der Waals surface area contributed by atoms with Crippen molar-refractivity contribution in [3.05, 3.63) is 57.6 Å². The first-order valence-corrected chi connectivity index (χ1v) is 11.2. The zero-order valence-corrected chi connectivity index (χ0v) is 18.7. The molecule has 0 saturated carbocycles. The van der Waals surface area contributed by atoms with E-state index in [0.29, 0.717) is 5.69 Å². The molecule has 0 aliphatic heterocycles. The van der Waals surface area contributed by atoms with Crippen LogP contribution in [0.4, 0.5) is 5.69 Å². The van der Waals surface area contributed by atoms with Gasteiger partial charge < -0.3 is 4.74 Å². The number of hydrogen-bond donors (Lipinski definition) is 1. The SMILES string of the molecule is CCS(=O)(=O)Nc1ccc(C=Cc2cc(Br)cc(C(C)(C)C)c2OC)cc1. The monoisotopic (exact) mass is 451 g/mol. The zero-order chi connectivity index (χ0) is 20.2. The molecule has 27 heavy (non-hydrogen) atoms. The standard InChI is InChI=1S/C21H26BrNO3S/c1-6-27(24,25)23-18-11-8-15(9-12-18)7-10-16-13-17(22)14-19(20(16)26-5)21(2,3)4/h7-14,23H,6H2,1-5H3. The van der Waals surface area contributed by atoms with Crippen molar-refractivity contribution in [2.24, 2.45) is 0 Å². The summed E-state index contributed by atoms with van der Waals surface area (Å²) in [6, 6.07) is 11.4. The second kappa shape index (κ2) is 8.48. The second-order valence-corrected chi connectivity index (χ2v) is 10.2. The molecule has 0 aliphatic carbocycles. The van der Waals surface area contributed by atoms with Gasteiger partial charge in [0.25, 0.3) is 0 Å². The zero-order valence-electron chi connectivity index (χ0n) is 16.3. The van der Waals surface area contributed by atoms with Crippen molar-refractivity contribution < 1.29 is 13.2 Å². The molecule has 0 aromatic heterocycles. The molecule has 0 atom stereocenters. The van der Waals surface area contributed by atoms with E-state index in [2.05, 4.69) is 47.5 Å². The highest BCUT2D eigenvalue weighted by Gasteiger charge is 2.21. The van der Waals surface area contributed by atoms with Gasteiger partial charge in [0.05, 0.1) is 12.9 Å². The number of halogens is 1. The number of anilines is 1. The first-order chi connectivity index (χ1) is 12.6. The Hall–Kier alpha value is -1.79. The van der Waals surface area contributed by atoms with Crippen molar-refractivity contribution in [3.63, 3.8) is 0 Å². The van der Waals surface area contributed by atoms with Crippen LogP contribution in [0.2, 0.25) is 0 Å². The molecule has 0 radical (unpaired) electrons. The summed E-state index contributed by atoms with van der Waals surface area (Å²) in [6.07, 6.45) is 3.99. The fraction of sp³-hybridized carbons (Fsp3) is 0.333. The van der Waals surface area contributed by atoms with Crippen LogP contribution in [0.15, 0.2) is 40.9 Å². The Bertz CT molecular complexity index is 927. The van der Waals surface area contributed by atoms with Crippen molar-refractivity contribution >= 4 is 43.8 Å². The molecule has 0 spiro atoms. The van der Waals surface area contributed by atoms with Crippen LogP contribution in [0, 0.1) is 0 Å². The lowest BCUT2D eigenvalue weighted by molar-refractivity contribution is 0.396. The first kappa shape index (κ1) is 21.5. The molecule has 0 amide bonds. The maximum Gasteiger partial charge on any atom is 0.232 e. The van der Waals surface area contributed by atoms with E-state index in [1.54, 1.807) is 26.2 Å². The van der Waals surface area contributed by atoms with Crippen molar-refractivity contribution in [3.8, 4) is 5.75 Å². The fourth-order valence-corrected chi connectivity index (χ4v) is 3.74. The largest absolute Gasteiger partial charge is 0.496 e. The number of benzene rings is 2. The molecule has 146 valence electrons. The van der Waals surface area contributed by atoms with Crippen LogP contribution in [-0.2, 0) is 15.4 Å². The van der Waals surface area contributed by atoms with E-state index in [0.717, 1.165) is 26.9 Å². The summed E-state index contributed by atoms with van der Waals surface area (Å²) in [6.45, 7) is 8.07. The van der Waals surface area contributed by atoms with Gasteiger partial charge in [0.15, 0.2) is 0 Å². The summed E-state index contributed by atoms with van der Waals surface area (Å²) < 4.78 is 32.5. The number of rotatable bonds is 6. The molecule has 0 saturated heterocycles. The summed E-state index contributed by atoms with van der Waals surface area (Å²) in [5, 5.41) is 0. The van der Waals surface area contributed by atoms with E-state index in [1.807, 2.05) is 30.4 Å². The molecule has 0 aliphatic rings. The van der Waals surface area contributed by atoms with Gasteiger partial charge in [-0.2, -0.15) is 0 Å². The molecule has 4 nitrogen and oxygen atoms in total. The number of ether oxygens (including phenoxy) is 1. The van der Waals surface area contributed by atoms with Crippen LogP contribution in [0.1, 0.15) is 44.4 Å². The van der Waals surface area contributed by atoms with Crippen LogP contribution >= 0.6 is 15.9 Å². The lowest BCUT2D eigenvalue weighted by Crippen LogP contribution is -2.14. The highest BCUT2D eigenvalue weighted by molar-refractivity contribution is 9.10. The number of nitrogens with one attached hydrogen (secondary N) is 1. The minimum Gasteiger partial charge on any atom is -0.496 e. The van der Waals surface area contributed by atoms with E-state index >= 15 is 0 Å². The van der Waals surface area contributed by atoms with Crippen LogP contribution < -0.4 is 9.46 Å². The molecule has 1 N–H and O–H groups in total. The number of methoxy groups -OCH3 is 1. The van der Waals surface area contributed by atoms with Gasteiger partial charge >= 0.3 is 0 Å². The predicted molar refractivity (Wildman–Crippen MR) is 118 cm³/mol. The first-order valence-electron chi connectivity index (χ1n) is 8.72. The van der Waals surface area contributed by atoms with E-state index in [9.17, 15) is 8.42 Å². The van der Waals surface area contributed by atoms with E-state index < -0.39 is 10.0 Å². The Labute approximate surface area is 170 Å². The Morgan fingerprint density at radius 1 is 1.11 bits per heavy atom. The third kappa shape index (κ3) is 5.84. The Morgan fingerprint density at radius 3 is 2.26 bits per heavy atom. The average molecular weight is 452 g/mol. The molecule has 0 bridgehead atoms. The lowest BCUT2D eigenvalue weighted by Gasteiger charge is -2.24. The normalized spacial score (nSPS) is 12.4. The molecule has 2 aromatic carbocycles. The third-order valence-corrected chi connectivity index (χ3v) is 5.88. The van der Waals surface area contributed by atoms with Gasteiger partial charge in [-0.3, -0.25) is 4.72 Å². The molecule has 0 heterocycles. The molecule has 0 fully saturated rings. The van der Waals surface area contributed by atoms with Crippen molar-refractivity contribution in [2.75, 3.05) is 17.6 Å². The van der Waals surface area contributed by atoms with Crippen LogP contribution in [-0.4, -0.2) is 21.3 Å². The second-order valence-electron chi connectivity index (χ2n) is 7.29. The topological polar surface area (TPSA) is 55.4 Å². The van der Waals surface area contributed by atoms with Gasteiger partial charge in [0.2, 0.25) is 10.0 Å². The lowest BCUT2D eigenvalue weighted by atomic mass is 9.85. The Morgan fingerprint density at radius 2 is 1.74 bits per heavy atom. The molecular weight excluding hydrogens is 426 g/mol. The fourth-order valence-electron chi connectivity index (χ4n) is 2.62. The maximum atomic E-state index is 11.6. The quantitative estimate of drug-likeness (QED) is 0.573. The Balaban J connectivity index is 2.32.